The van der Waals surface area contributed by atoms with E-state index in [1.54, 1.807) is 47.4 Å². The van der Waals surface area contributed by atoms with Crippen molar-refractivity contribution in [2.75, 3.05) is 13.1 Å². The van der Waals surface area contributed by atoms with E-state index in [2.05, 4.69) is 20.3 Å². The van der Waals surface area contributed by atoms with Gasteiger partial charge in [0.25, 0.3) is 11.5 Å². The van der Waals surface area contributed by atoms with Crippen molar-refractivity contribution in [3.05, 3.63) is 93.4 Å². The summed E-state index contributed by atoms with van der Waals surface area (Å²) in [6.45, 7) is 1.75. The van der Waals surface area contributed by atoms with Crippen molar-refractivity contribution in [2.24, 2.45) is 5.92 Å². The van der Waals surface area contributed by atoms with E-state index in [0.717, 1.165) is 17.8 Å². The zero-order chi connectivity index (χ0) is 24.6. The number of hydrogen-bond donors (Lipinski definition) is 0. The van der Waals surface area contributed by atoms with Crippen LogP contribution in [0.25, 0.3) is 5.69 Å². The zero-order valence-corrected chi connectivity index (χ0v) is 20.8. The van der Waals surface area contributed by atoms with Crippen molar-refractivity contribution >= 4 is 29.3 Å². The minimum atomic E-state index is -0.152. The topological polar surface area (TPSA) is 98.8 Å². The Bertz CT molecular complexity index is 1470. The molecular weight excluding hydrogens is 498 g/mol. The van der Waals surface area contributed by atoms with Gasteiger partial charge in [-0.25, -0.2) is 14.6 Å². The molecule has 0 radical (unpaired) electrons. The van der Waals surface area contributed by atoms with Crippen LogP contribution in [0.1, 0.15) is 34.2 Å². The minimum absolute atomic E-state index is 0.0235. The fourth-order valence-corrected chi connectivity index (χ4v) is 6.01. The first kappa shape index (κ1) is 22.9. The minimum Gasteiger partial charge on any atom is -0.336 e. The molecule has 2 bridgehead atoms. The first-order valence-corrected chi connectivity index (χ1v) is 13.0. The zero-order valence-electron chi connectivity index (χ0n) is 19.2. The van der Waals surface area contributed by atoms with Crippen molar-refractivity contribution < 1.29 is 4.79 Å². The lowest BCUT2D eigenvalue weighted by atomic mass is 9.83. The Labute approximate surface area is 216 Å². The quantitative estimate of drug-likeness (QED) is 0.294. The molecule has 0 spiro atoms. The molecule has 6 rings (SSSR count). The number of carbonyl (C=O) groups is 1. The predicted molar refractivity (Wildman–Crippen MR) is 135 cm³/mol. The number of aromatic nitrogens is 6. The molecule has 3 aromatic heterocycles. The van der Waals surface area contributed by atoms with Gasteiger partial charge in [0, 0.05) is 60.5 Å². The van der Waals surface area contributed by atoms with Crippen LogP contribution < -0.4 is 5.56 Å². The predicted octanol–water partition coefficient (Wildman–Crippen LogP) is 3.42. The second kappa shape index (κ2) is 9.51. The maximum atomic E-state index is 13.8. The largest absolute Gasteiger partial charge is 0.336 e. The number of rotatable bonds is 5. The second-order valence-corrected chi connectivity index (χ2v) is 10.4. The Morgan fingerprint density at radius 1 is 1.03 bits per heavy atom. The van der Waals surface area contributed by atoms with Crippen LogP contribution in [-0.2, 0) is 12.3 Å². The monoisotopic (exact) mass is 519 g/mol. The van der Waals surface area contributed by atoms with Crippen molar-refractivity contribution in [1.82, 2.24) is 34.4 Å². The number of nitrogens with zero attached hydrogens (tertiary/aromatic N) is 7. The molecule has 1 amide bonds. The van der Waals surface area contributed by atoms with Crippen LogP contribution in [0.5, 0.6) is 0 Å². The molecule has 9 nitrogen and oxygen atoms in total. The molecule has 1 saturated heterocycles. The summed E-state index contributed by atoms with van der Waals surface area (Å²) in [5.74, 6) is 0.611. The SMILES string of the molecule is O=C(c1nnn(-c2ccc(Cl)cc2)c1CSc1ncccn1)N1CC2CC(C1)c1cccc(=O)n1C2. The summed E-state index contributed by atoms with van der Waals surface area (Å²) < 4.78 is 3.54. The molecule has 1 fully saturated rings. The third-order valence-electron chi connectivity index (χ3n) is 6.68. The van der Waals surface area contributed by atoms with Gasteiger partial charge in [-0.15, -0.1) is 5.10 Å². The number of hydrogen-bond acceptors (Lipinski definition) is 7. The molecule has 2 aliphatic heterocycles. The fraction of sp³-hybridized carbons (Fsp3) is 0.280. The number of benzene rings is 1. The van der Waals surface area contributed by atoms with Gasteiger partial charge in [-0.2, -0.15) is 0 Å². The molecule has 5 heterocycles. The Hall–Kier alpha value is -3.50. The smallest absolute Gasteiger partial charge is 0.276 e. The van der Waals surface area contributed by atoms with Gasteiger partial charge in [-0.05, 0) is 48.7 Å². The van der Waals surface area contributed by atoms with Crippen LogP contribution in [0, 0.1) is 5.92 Å². The maximum absolute atomic E-state index is 13.8. The molecule has 4 aromatic rings. The van der Waals surface area contributed by atoms with E-state index >= 15 is 0 Å². The number of piperidine rings is 1. The van der Waals surface area contributed by atoms with Crippen LogP contribution in [-0.4, -0.2) is 53.4 Å². The Balaban J connectivity index is 1.32. The van der Waals surface area contributed by atoms with Gasteiger partial charge in [-0.3, -0.25) is 9.59 Å². The number of pyridine rings is 1. The normalized spacial score (nSPS) is 18.6. The molecule has 2 unspecified atom stereocenters. The van der Waals surface area contributed by atoms with Gasteiger partial charge >= 0.3 is 0 Å². The third-order valence-corrected chi connectivity index (χ3v) is 7.82. The lowest BCUT2D eigenvalue weighted by molar-refractivity contribution is 0.0588. The molecule has 11 heteroatoms. The number of amides is 1. The van der Waals surface area contributed by atoms with Crippen molar-refractivity contribution in [1.29, 1.82) is 0 Å². The van der Waals surface area contributed by atoms with Crippen molar-refractivity contribution in [3.63, 3.8) is 0 Å². The van der Waals surface area contributed by atoms with Crippen LogP contribution >= 0.6 is 23.4 Å². The van der Waals surface area contributed by atoms with Crippen molar-refractivity contribution in [3.8, 4) is 5.69 Å². The van der Waals surface area contributed by atoms with Crippen LogP contribution in [0.15, 0.2) is 70.9 Å². The Kier molecular flexibility index (Phi) is 6.06. The molecule has 0 aliphatic carbocycles. The highest BCUT2D eigenvalue weighted by molar-refractivity contribution is 7.98. The van der Waals surface area contributed by atoms with Crippen LogP contribution in [0.3, 0.4) is 0 Å². The first-order chi connectivity index (χ1) is 17.6. The van der Waals surface area contributed by atoms with E-state index in [9.17, 15) is 9.59 Å². The molecule has 0 N–H and O–H groups in total. The summed E-state index contributed by atoms with van der Waals surface area (Å²) in [5, 5.41) is 9.89. The summed E-state index contributed by atoms with van der Waals surface area (Å²) in [6, 6.07) is 14.4. The summed E-state index contributed by atoms with van der Waals surface area (Å²) >= 11 is 7.50. The molecule has 182 valence electrons. The van der Waals surface area contributed by atoms with Gasteiger partial charge in [0.2, 0.25) is 0 Å². The summed E-state index contributed by atoms with van der Waals surface area (Å²) in [4.78, 5) is 36.6. The van der Waals surface area contributed by atoms with Crippen molar-refractivity contribution in [2.45, 2.75) is 29.8 Å². The van der Waals surface area contributed by atoms with E-state index in [1.165, 1.54) is 11.8 Å². The second-order valence-electron chi connectivity index (χ2n) is 9.00. The fourth-order valence-electron chi connectivity index (χ4n) is 5.09. The maximum Gasteiger partial charge on any atom is 0.276 e. The van der Waals surface area contributed by atoms with Gasteiger partial charge in [-0.1, -0.05) is 34.6 Å². The average Bonchev–Trinajstić information content (AvgIpc) is 3.32. The van der Waals surface area contributed by atoms with E-state index in [-0.39, 0.29) is 23.3 Å². The van der Waals surface area contributed by atoms with E-state index in [4.69, 9.17) is 11.6 Å². The molecular formula is C25H22ClN7O2S. The van der Waals surface area contributed by atoms with Crippen LogP contribution in [0.4, 0.5) is 0 Å². The highest BCUT2D eigenvalue weighted by atomic mass is 35.5. The molecule has 2 aliphatic rings. The van der Waals surface area contributed by atoms with Gasteiger partial charge < -0.3 is 9.47 Å². The summed E-state index contributed by atoms with van der Waals surface area (Å²) in [7, 11) is 0. The van der Waals surface area contributed by atoms with E-state index < -0.39 is 0 Å². The molecule has 0 saturated carbocycles. The van der Waals surface area contributed by atoms with E-state index in [0.29, 0.717) is 47.0 Å². The Morgan fingerprint density at radius 3 is 2.64 bits per heavy atom. The molecule has 2 atom stereocenters. The number of carbonyl (C=O) groups excluding carboxylic acids is 1. The number of fused-ring (bicyclic) bond motifs is 4. The lowest BCUT2D eigenvalue weighted by Gasteiger charge is -2.42. The van der Waals surface area contributed by atoms with E-state index in [1.807, 2.05) is 27.7 Å². The number of halogens is 1. The Morgan fingerprint density at radius 2 is 1.83 bits per heavy atom. The first-order valence-electron chi connectivity index (χ1n) is 11.7. The van der Waals surface area contributed by atoms with Gasteiger partial charge in [0.05, 0.1) is 11.4 Å². The molecule has 36 heavy (non-hydrogen) atoms. The van der Waals surface area contributed by atoms with Gasteiger partial charge in [0.15, 0.2) is 10.9 Å². The third kappa shape index (κ3) is 4.31. The standard InChI is InChI=1S/C25H22ClN7O2S/c26-18-5-7-19(8-6-18)33-21(15-36-25-27-9-2-10-28-25)23(29-30-33)24(35)31-12-16-11-17(14-31)20-3-1-4-22(34)32(20)13-16/h1-10,16-17H,11-15H2. The van der Waals surface area contributed by atoms with Gasteiger partial charge in [0.1, 0.15) is 0 Å². The number of likely N-dealkylation sites (tertiary alicyclic amines) is 1. The van der Waals surface area contributed by atoms with Crippen LogP contribution in [0.2, 0.25) is 5.02 Å². The average molecular weight is 520 g/mol. The molecule has 1 aromatic carbocycles. The highest BCUT2D eigenvalue weighted by Crippen LogP contribution is 2.36. The summed E-state index contributed by atoms with van der Waals surface area (Å²) in [6.07, 6.45) is 4.34. The highest BCUT2D eigenvalue weighted by Gasteiger charge is 2.38. The lowest BCUT2D eigenvalue weighted by Crippen LogP contribution is -2.49. The number of thioether (sulfide) groups is 1. The summed E-state index contributed by atoms with van der Waals surface area (Å²) in [5.41, 5.74) is 2.78.